The van der Waals surface area contributed by atoms with E-state index in [4.69, 9.17) is 4.74 Å². The number of Topliss-reactive ketones (excluding diaryl/α,β-unsaturated/α-hetero) is 1. The number of phenolic OH excluding ortho intramolecular Hbond substituents is 1. The molecule has 0 aromatic heterocycles. The van der Waals surface area contributed by atoms with Crippen LogP contribution in [0.4, 0.5) is 0 Å². The summed E-state index contributed by atoms with van der Waals surface area (Å²) in [5, 5.41) is 9.98. The minimum absolute atomic E-state index is 0.00458. The minimum atomic E-state index is -0.434. The van der Waals surface area contributed by atoms with Crippen molar-refractivity contribution in [2.75, 3.05) is 6.61 Å². The van der Waals surface area contributed by atoms with Crippen LogP contribution in [0, 0.1) is 0 Å². The molecule has 0 saturated heterocycles. The van der Waals surface area contributed by atoms with Crippen LogP contribution in [0.3, 0.4) is 0 Å². The van der Waals surface area contributed by atoms with E-state index in [0.29, 0.717) is 0 Å². The Hall–Kier alpha value is -2.95. The molecular weight excluding hydrogens is 284 g/mol. The first-order valence-electron chi connectivity index (χ1n) is 6.67. The molecule has 0 amide bonds. The number of ether oxygens (including phenoxy) is 1. The molecule has 0 spiro atoms. The van der Waals surface area contributed by atoms with Crippen molar-refractivity contribution >= 4 is 17.3 Å². The highest BCUT2D eigenvalue weighted by Gasteiger charge is 2.34. The van der Waals surface area contributed by atoms with Crippen molar-refractivity contribution in [1.82, 2.24) is 0 Å². The van der Waals surface area contributed by atoms with Gasteiger partial charge in [0.2, 0.25) is 0 Å². The molecule has 5 heteroatoms. The quantitative estimate of drug-likeness (QED) is 0.801. The minimum Gasteiger partial charge on any atom is -0.507 e. The lowest BCUT2D eigenvalue weighted by Crippen LogP contribution is -2.22. The summed E-state index contributed by atoms with van der Waals surface area (Å²) in [6, 6.07) is 9.08. The van der Waals surface area contributed by atoms with E-state index in [2.05, 4.69) is 0 Å². The van der Waals surface area contributed by atoms with Crippen molar-refractivity contribution in [2.24, 2.45) is 0 Å². The number of rotatable bonds is 3. The Morgan fingerprint density at radius 3 is 2.18 bits per heavy atom. The summed E-state index contributed by atoms with van der Waals surface area (Å²) in [4.78, 5) is 36.2. The van der Waals surface area contributed by atoms with Crippen molar-refractivity contribution < 1.29 is 24.2 Å². The zero-order valence-corrected chi connectivity index (χ0v) is 11.8. The van der Waals surface area contributed by atoms with Crippen LogP contribution in [0.15, 0.2) is 36.4 Å². The molecule has 1 aliphatic carbocycles. The summed E-state index contributed by atoms with van der Waals surface area (Å²) in [6.45, 7) is 1.15. The second-order valence-electron chi connectivity index (χ2n) is 5.03. The lowest BCUT2D eigenvalue weighted by Gasteiger charge is -2.20. The van der Waals surface area contributed by atoms with Crippen LogP contribution in [0.5, 0.6) is 11.5 Å². The summed E-state index contributed by atoms with van der Waals surface area (Å²) in [5.41, 5.74) is 0.437. The summed E-state index contributed by atoms with van der Waals surface area (Å²) < 4.78 is 5.32. The molecule has 0 aliphatic heterocycles. The largest absolute Gasteiger partial charge is 0.507 e. The Balaban J connectivity index is 2.20. The van der Waals surface area contributed by atoms with E-state index in [1.165, 1.54) is 19.1 Å². The fourth-order valence-corrected chi connectivity index (χ4v) is 2.48. The van der Waals surface area contributed by atoms with E-state index >= 15 is 0 Å². The summed E-state index contributed by atoms with van der Waals surface area (Å²) >= 11 is 0. The van der Waals surface area contributed by atoms with Crippen molar-refractivity contribution in [3.63, 3.8) is 0 Å². The first-order valence-corrected chi connectivity index (χ1v) is 6.67. The van der Waals surface area contributed by atoms with Crippen molar-refractivity contribution in [3.8, 4) is 11.5 Å². The predicted octanol–water partition coefficient (Wildman–Crippen LogP) is 2.14. The van der Waals surface area contributed by atoms with Gasteiger partial charge in [-0.2, -0.15) is 0 Å². The van der Waals surface area contributed by atoms with E-state index in [9.17, 15) is 19.5 Å². The fourth-order valence-electron chi connectivity index (χ4n) is 2.48. The number of carbonyl (C=O) groups excluding carboxylic acids is 3. The maximum atomic E-state index is 12.6. The van der Waals surface area contributed by atoms with Gasteiger partial charge in [-0.1, -0.05) is 24.3 Å². The first kappa shape index (κ1) is 14.0. The highest BCUT2D eigenvalue weighted by molar-refractivity contribution is 6.30. The van der Waals surface area contributed by atoms with E-state index in [1.54, 1.807) is 24.3 Å². The van der Waals surface area contributed by atoms with Gasteiger partial charge in [0.1, 0.15) is 18.1 Å². The second kappa shape index (κ2) is 5.11. The molecule has 22 heavy (non-hydrogen) atoms. The number of fused-ring (bicyclic) bond motifs is 2. The van der Waals surface area contributed by atoms with E-state index < -0.39 is 11.6 Å². The molecule has 2 aromatic carbocycles. The number of aromatic hydroxyl groups is 1. The highest BCUT2D eigenvalue weighted by atomic mass is 16.5. The summed E-state index contributed by atoms with van der Waals surface area (Å²) in [6.07, 6.45) is 0. The van der Waals surface area contributed by atoms with Gasteiger partial charge < -0.3 is 9.84 Å². The third-order valence-electron chi connectivity index (χ3n) is 3.45. The Morgan fingerprint density at radius 2 is 1.59 bits per heavy atom. The molecule has 0 fully saturated rings. The van der Waals surface area contributed by atoms with Crippen molar-refractivity contribution in [3.05, 3.63) is 58.7 Å². The summed E-state index contributed by atoms with van der Waals surface area (Å²) in [5.74, 6) is -1.21. The van der Waals surface area contributed by atoms with Gasteiger partial charge in [-0.3, -0.25) is 14.4 Å². The lowest BCUT2D eigenvalue weighted by atomic mass is 9.83. The SMILES string of the molecule is CC(=O)COc1ccc(O)c2c1C(=O)c1ccccc1C2=O. The van der Waals surface area contributed by atoms with Crippen LogP contribution in [-0.4, -0.2) is 29.1 Å². The Morgan fingerprint density at radius 1 is 1.00 bits per heavy atom. The molecule has 0 radical (unpaired) electrons. The van der Waals surface area contributed by atoms with E-state index in [1.807, 2.05) is 0 Å². The monoisotopic (exact) mass is 296 g/mol. The molecule has 2 aromatic rings. The topological polar surface area (TPSA) is 80.7 Å². The molecule has 0 atom stereocenters. The molecule has 1 N–H and O–H groups in total. The van der Waals surface area contributed by atoms with E-state index in [0.717, 1.165) is 0 Å². The predicted molar refractivity (Wildman–Crippen MR) is 77.6 cm³/mol. The fraction of sp³-hybridized carbons (Fsp3) is 0.118. The molecule has 3 rings (SSSR count). The molecular formula is C17H12O5. The van der Waals surface area contributed by atoms with Crippen LogP contribution in [0.25, 0.3) is 0 Å². The van der Waals surface area contributed by atoms with E-state index in [-0.39, 0.29) is 46.1 Å². The van der Waals surface area contributed by atoms with Gasteiger partial charge in [0.05, 0.1) is 11.1 Å². The number of benzene rings is 2. The number of phenols is 1. The lowest BCUT2D eigenvalue weighted by molar-refractivity contribution is -0.118. The molecule has 110 valence electrons. The van der Waals surface area contributed by atoms with Crippen molar-refractivity contribution in [1.29, 1.82) is 0 Å². The molecule has 0 bridgehead atoms. The maximum absolute atomic E-state index is 12.6. The van der Waals surface area contributed by atoms with Gasteiger partial charge in [-0.05, 0) is 19.1 Å². The van der Waals surface area contributed by atoms with Crippen LogP contribution in [-0.2, 0) is 4.79 Å². The maximum Gasteiger partial charge on any atom is 0.198 e. The molecule has 1 aliphatic rings. The van der Waals surface area contributed by atoms with Crippen molar-refractivity contribution in [2.45, 2.75) is 6.92 Å². The van der Waals surface area contributed by atoms with Crippen LogP contribution < -0.4 is 4.74 Å². The number of hydrogen-bond acceptors (Lipinski definition) is 5. The summed E-state index contributed by atoms with van der Waals surface area (Å²) in [7, 11) is 0. The molecule has 0 saturated carbocycles. The van der Waals surface area contributed by atoms with Crippen LogP contribution in [0.1, 0.15) is 38.8 Å². The van der Waals surface area contributed by atoms with Crippen LogP contribution >= 0.6 is 0 Å². The molecule has 0 unspecified atom stereocenters. The van der Waals surface area contributed by atoms with Crippen LogP contribution in [0.2, 0.25) is 0 Å². The third-order valence-corrected chi connectivity index (χ3v) is 3.45. The second-order valence-corrected chi connectivity index (χ2v) is 5.03. The standard InChI is InChI=1S/C17H12O5/c1-9(18)8-22-13-7-6-12(19)14-15(13)17(21)11-5-3-2-4-10(11)16(14)20/h2-7,19H,8H2,1H3. The first-order chi connectivity index (χ1) is 10.5. The third kappa shape index (κ3) is 2.07. The number of ketones is 3. The highest BCUT2D eigenvalue weighted by Crippen LogP contribution is 2.37. The molecule has 0 heterocycles. The van der Waals surface area contributed by atoms with Gasteiger partial charge in [-0.25, -0.2) is 0 Å². The average molecular weight is 296 g/mol. The Kier molecular flexibility index (Phi) is 3.25. The normalized spacial score (nSPS) is 12.6. The zero-order valence-electron chi connectivity index (χ0n) is 11.8. The smallest absolute Gasteiger partial charge is 0.198 e. The molecule has 5 nitrogen and oxygen atoms in total. The Labute approximate surface area is 126 Å². The van der Waals surface area contributed by atoms with Gasteiger partial charge >= 0.3 is 0 Å². The average Bonchev–Trinajstić information content (AvgIpc) is 2.51. The van der Waals surface area contributed by atoms with Gasteiger partial charge in [0.15, 0.2) is 17.3 Å². The van der Waals surface area contributed by atoms with Gasteiger partial charge in [0, 0.05) is 11.1 Å². The number of hydrogen-bond donors (Lipinski definition) is 1. The van der Waals surface area contributed by atoms with Gasteiger partial charge in [0.25, 0.3) is 0 Å². The number of carbonyl (C=O) groups is 3. The zero-order chi connectivity index (χ0) is 15.9. The Bertz CT molecular complexity index is 820. The van der Waals surface area contributed by atoms with Gasteiger partial charge in [-0.15, -0.1) is 0 Å².